The minimum absolute atomic E-state index is 0.331. The number of carbonyl (C=O) groups is 1. The number of ether oxygens (including phenoxy) is 1. The number of rotatable bonds is 4. The third-order valence-electron chi connectivity index (χ3n) is 5.97. The maximum Gasteiger partial charge on any atom is 0.224 e. The van der Waals surface area contributed by atoms with Crippen LogP contribution >= 0.6 is 0 Å². The van der Waals surface area contributed by atoms with Crippen molar-refractivity contribution in [2.45, 2.75) is 31.8 Å². The van der Waals surface area contributed by atoms with E-state index in [9.17, 15) is 4.79 Å². The fourth-order valence-corrected chi connectivity index (χ4v) is 4.67. The molecule has 2 aliphatic heterocycles. The quantitative estimate of drug-likeness (QED) is 0.855. The first kappa shape index (κ1) is 15.0. The Morgan fingerprint density at radius 3 is 2.70 bits per heavy atom. The summed E-state index contributed by atoms with van der Waals surface area (Å²) in [6.07, 6.45) is 4.43. The highest BCUT2D eigenvalue weighted by Gasteiger charge is 2.42. The normalized spacial score (nSPS) is 29.0. The Labute approximate surface area is 138 Å². The Hall–Kier alpha value is -1.55. The van der Waals surface area contributed by atoms with Gasteiger partial charge in [0.25, 0.3) is 0 Å². The maximum atomic E-state index is 12.6. The van der Waals surface area contributed by atoms with Crippen molar-refractivity contribution in [1.82, 2.24) is 4.90 Å². The van der Waals surface area contributed by atoms with Gasteiger partial charge in [-0.2, -0.15) is 0 Å². The van der Waals surface area contributed by atoms with Gasteiger partial charge in [0.1, 0.15) is 0 Å². The van der Waals surface area contributed by atoms with Crippen LogP contribution in [0.25, 0.3) is 0 Å². The first-order valence-corrected chi connectivity index (χ1v) is 8.88. The van der Waals surface area contributed by atoms with E-state index in [2.05, 4.69) is 34.1 Å². The summed E-state index contributed by atoms with van der Waals surface area (Å²) in [5.74, 6) is 1.66. The number of carbonyl (C=O) groups excluding carboxylic acids is 1. The molecule has 4 nitrogen and oxygen atoms in total. The van der Waals surface area contributed by atoms with Crippen molar-refractivity contribution in [3.8, 4) is 0 Å². The molecule has 1 aliphatic carbocycles. The lowest BCUT2D eigenvalue weighted by atomic mass is 10.0. The second-order valence-corrected chi connectivity index (χ2v) is 7.26. The van der Waals surface area contributed by atoms with Gasteiger partial charge in [-0.25, -0.2) is 0 Å². The van der Waals surface area contributed by atoms with Crippen LogP contribution in [-0.4, -0.2) is 50.2 Å². The summed E-state index contributed by atoms with van der Waals surface area (Å²) in [6, 6.07) is 8.57. The highest BCUT2D eigenvalue weighted by molar-refractivity contribution is 5.77. The fourth-order valence-electron chi connectivity index (χ4n) is 4.67. The third kappa shape index (κ3) is 2.85. The molecule has 4 rings (SSSR count). The van der Waals surface area contributed by atoms with Crippen molar-refractivity contribution in [2.75, 3.05) is 38.2 Å². The minimum atomic E-state index is 0.331. The molecular formula is C19H26N2O2. The average molecular weight is 314 g/mol. The maximum absolute atomic E-state index is 12.6. The molecule has 3 atom stereocenters. The Balaban J connectivity index is 1.29. The van der Waals surface area contributed by atoms with E-state index in [-0.39, 0.29) is 0 Å². The van der Waals surface area contributed by atoms with E-state index >= 15 is 0 Å². The summed E-state index contributed by atoms with van der Waals surface area (Å²) in [6.45, 7) is 3.79. The first-order valence-electron chi connectivity index (χ1n) is 8.88. The van der Waals surface area contributed by atoms with E-state index in [0.717, 1.165) is 45.4 Å². The number of methoxy groups -OCH3 is 1. The van der Waals surface area contributed by atoms with E-state index in [1.807, 2.05) is 7.11 Å². The predicted molar refractivity (Wildman–Crippen MR) is 90.6 cm³/mol. The molecule has 1 unspecified atom stereocenters. The zero-order valence-electron chi connectivity index (χ0n) is 13.9. The SMILES string of the molecule is COC1C[C@@H]2CN(C(=O)CCN3CCc4ccccc43)C[C@@H]2C1. The summed E-state index contributed by atoms with van der Waals surface area (Å²) in [5.41, 5.74) is 2.74. The van der Waals surface area contributed by atoms with Crippen LogP contribution in [0.1, 0.15) is 24.8 Å². The van der Waals surface area contributed by atoms with Crippen molar-refractivity contribution in [3.05, 3.63) is 29.8 Å². The lowest BCUT2D eigenvalue weighted by molar-refractivity contribution is -0.130. The lowest BCUT2D eigenvalue weighted by Gasteiger charge is -2.22. The topological polar surface area (TPSA) is 32.8 Å². The summed E-state index contributed by atoms with van der Waals surface area (Å²) in [4.78, 5) is 17.0. The van der Waals surface area contributed by atoms with Crippen molar-refractivity contribution >= 4 is 11.6 Å². The van der Waals surface area contributed by atoms with Gasteiger partial charge in [0.05, 0.1) is 6.10 Å². The molecule has 0 radical (unpaired) electrons. The molecule has 1 amide bonds. The first-order chi connectivity index (χ1) is 11.2. The Morgan fingerprint density at radius 1 is 1.22 bits per heavy atom. The van der Waals surface area contributed by atoms with Crippen LogP contribution < -0.4 is 4.90 Å². The Morgan fingerprint density at radius 2 is 1.96 bits per heavy atom. The van der Waals surface area contributed by atoms with E-state index in [4.69, 9.17) is 4.74 Å². The van der Waals surface area contributed by atoms with Gasteiger partial charge in [-0.1, -0.05) is 18.2 Å². The molecule has 3 aliphatic rings. The van der Waals surface area contributed by atoms with Crippen LogP contribution in [0.15, 0.2) is 24.3 Å². The Bertz CT molecular complexity index is 574. The van der Waals surface area contributed by atoms with Gasteiger partial charge in [-0.05, 0) is 42.7 Å². The molecule has 1 aromatic rings. The van der Waals surface area contributed by atoms with E-state index in [1.54, 1.807) is 0 Å². The highest BCUT2D eigenvalue weighted by Crippen LogP contribution is 2.39. The van der Waals surface area contributed by atoms with Gasteiger partial charge in [-0.3, -0.25) is 4.79 Å². The molecule has 2 heterocycles. The molecule has 124 valence electrons. The molecule has 1 saturated carbocycles. The number of likely N-dealkylation sites (tertiary alicyclic amines) is 1. The summed E-state index contributed by atoms with van der Waals surface area (Å²) in [7, 11) is 1.81. The van der Waals surface area contributed by atoms with Crippen molar-refractivity contribution in [2.24, 2.45) is 11.8 Å². The van der Waals surface area contributed by atoms with Crippen LogP contribution in [0.5, 0.6) is 0 Å². The second-order valence-electron chi connectivity index (χ2n) is 7.26. The molecule has 1 saturated heterocycles. The number of para-hydroxylation sites is 1. The highest BCUT2D eigenvalue weighted by atomic mass is 16.5. The van der Waals surface area contributed by atoms with Crippen molar-refractivity contribution in [1.29, 1.82) is 0 Å². The molecule has 0 bridgehead atoms. The van der Waals surface area contributed by atoms with Crippen LogP contribution in [0.4, 0.5) is 5.69 Å². The molecule has 1 aromatic carbocycles. The number of amides is 1. The summed E-state index contributed by atoms with van der Waals surface area (Å²) < 4.78 is 5.48. The van der Waals surface area contributed by atoms with E-state index in [0.29, 0.717) is 30.3 Å². The molecule has 23 heavy (non-hydrogen) atoms. The summed E-state index contributed by atoms with van der Waals surface area (Å²) >= 11 is 0. The molecule has 2 fully saturated rings. The van der Waals surface area contributed by atoms with Gasteiger partial charge in [0.15, 0.2) is 0 Å². The smallest absolute Gasteiger partial charge is 0.224 e. The zero-order valence-corrected chi connectivity index (χ0v) is 13.9. The number of hydrogen-bond donors (Lipinski definition) is 0. The van der Waals surface area contributed by atoms with E-state index < -0.39 is 0 Å². The predicted octanol–water partition coefficient (Wildman–Crippen LogP) is 2.32. The largest absolute Gasteiger partial charge is 0.381 e. The second kappa shape index (κ2) is 6.16. The standard InChI is InChI=1S/C19H26N2O2/c1-23-17-10-15-12-21(13-16(15)11-17)19(22)7-9-20-8-6-14-4-2-3-5-18(14)20/h2-5,15-17H,6-13H2,1H3/t15-,16+,17?. The number of nitrogens with zero attached hydrogens (tertiary/aromatic N) is 2. The van der Waals surface area contributed by atoms with E-state index in [1.165, 1.54) is 11.3 Å². The summed E-state index contributed by atoms with van der Waals surface area (Å²) in [5, 5.41) is 0. The van der Waals surface area contributed by atoms with Gasteiger partial charge in [-0.15, -0.1) is 0 Å². The zero-order chi connectivity index (χ0) is 15.8. The van der Waals surface area contributed by atoms with Gasteiger partial charge < -0.3 is 14.5 Å². The lowest BCUT2D eigenvalue weighted by Crippen LogP contribution is -2.33. The van der Waals surface area contributed by atoms with Crippen molar-refractivity contribution < 1.29 is 9.53 Å². The number of hydrogen-bond acceptors (Lipinski definition) is 3. The fraction of sp³-hybridized carbons (Fsp3) is 0.632. The molecule has 0 spiro atoms. The van der Waals surface area contributed by atoms with Crippen LogP contribution in [0, 0.1) is 11.8 Å². The molecule has 0 aromatic heterocycles. The minimum Gasteiger partial charge on any atom is -0.381 e. The van der Waals surface area contributed by atoms with Gasteiger partial charge in [0, 0.05) is 45.4 Å². The van der Waals surface area contributed by atoms with Crippen LogP contribution in [0.2, 0.25) is 0 Å². The average Bonchev–Trinajstić information content (AvgIpc) is 3.25. The van der Waals surface area contributed by atoms with Crippen molar-refractivity contribution in [3.63, 3.8) is 0 Å². The molecular weight excluding hydrogens is 288 g/mol. The van der Waals surface area contributed by atoms with Crippen LogP contribution in [0.3, 0.4) is 0 Å². The third-order valence-corrected chi connectivity index (χ3v) is 5.97. The molecule has 0 N–H and O–H groups in total. The monoisotopic (exact) mass is 314 g/mol. The van der Waals surface area contributed by atoms with Gasteiger partial charge in [0.2, 0.25) is 5.91 Å². The number of benzene rings is 1. The number of anilines is 1. The van der Waals surface area contributed by atoms with Crippen LogP contribution in [-0.2, 0) is 16.0 Å². The van der Waals surface area contributed by atoms with Gasteiger partial charge >= 0.3 is 0 Å². The Kier molecular flexibility index (Phi) is 4.02. The number of fused-ring (bicyclic) bond motifs is 2. The molecule has 4 heteroatoms.